The Morgan fingerprint density at radius 3 is 2.89 bits per heavy atom. The zero-order valence-electron chi connectivity index (χ0n) is 11.8. The molecule has 106 valence electrons. The zero-order chi connectivity index (χ0) is 13.5. The summed E-state index contributed by atoms with van der Waals surface area (Å²) in [5.41, 5.74) is 8.01. The van der Waals surface area contributed by atoms with Crippen LogP contribution in [0, 0.1) is 0 Å². The van der Waals surface area contributed by atoms with Gasteiger partial charge in [0.25, 0.3) is 0 Å². The molecule has 1 heterocycles. The molecule has 4 heteroatoms. The van der Waals surface area contributed by atoms with Gasteiger partial charge in [-0.2, -0.15) is 11.8 Å². The Bertz CT molecular complexity index is 377. The average Bonchev–Trinajstić information content (AvgIpc) is 2.46. The molecule has 1 aromatic heterocycles. The summed E-state index contributed by atoms with van der Waals surface area (Å²) in [5, 5.41) is 4.28. The van der Waals surface area contributed by atoms with Crippen LogP contribution in [0.25, 0.3) is 0 Å². The molecule has 1 aliphatic carbocycles. The molecular weight excluding hydrogens is 254 g/mol. The van der Waals surface area contributed by atoms with Crippen molar-refractivity contribution in [2.24, 2.45) is 0 Å². The van der Waals surface area contributed by atoms with Crippen LogP contribution < -0.4 is 11.1 Å². The van der Waals surface area contributed by atoms with Crippen molar-refractivity contribution in [2.45, 2.75) is 49.8 Å². The summed E-state index contributed by atoms with van der Waals surface area (Å²) in [5.74, 6) is 1.16. The molecule has 1 aliphatic rings. The Labute approximate surface area is 120 Å². The molecule has 1 aromatic rings. The topological polar surface area (TPSA) is 50.9 Å². The van der Waals surface area contributed by atoms with E-state index in [1.165, 1.54) is 32.1 Å². The number of hydrogen-bond donors (Lipinski definition) is 2. The zero-order valence-corrected chi connectivity index (χ0v) is 12.6. The second-order valence-corrected chi connectivity index (χ2v) is 6.69. The first-order chi connectivity index (χ1) is 9.29. The molecule has 0 spiro atoms. The number of hydrogen-bond acceptors (Lipinski definition) is 4. The third-order valence-electron chi connectivity index (χ3n) is 3.90. The molecule has 0 saturated heterocycles. The van der Waals surface area contributed by atoms with Crippen LogP contribution in [0.15, 0.2) is 18.5 Å². The maximum absolute atomic E-state index is 5.99. The number of aromatic nitrogens is 1. The summed E-state index contributed by atoms with van der Waals surface area (Å²) in [7, 11) is 2.04. The molecule has 2 rings (SSSR count). The predicted octanol–water partition coefficient (Wildman–Crippen LogP) is 2.86. The largest absolute Gasteiger partial charge is 0.398 e. The Morgan fingerprint density at radius 1 is 1.42 bits per heavy atom. The van der Waals surface area contributed by atoms with E-state index in [1.807, 2.05) is 19.3 Å². The van der Waals surface area contributed by atoms with E-state index < -0.39 is 0 Å². The third-order valence-corrected chi connectivity index (χ3v) is 5.44. The lowest BCUT2D eigenvalue weighted by atomic mass is 10.0. The maximum Gasteiger partial charge on any atom is 0.0378 e. The van der Waals surface area contributed by atoms with Gasteiger partial charge in [-0.1, -0.05) is 19.3 Å². The standard InChI is InChI=1S/C15H25N3S/c1-17-13(9-12-10-18-8-7-15(12)16)11-19-14-5-3-2-4-6-14/h7-8,10,13-14,17H,2-6,9,11H2,1H3,(H2,16,18). The van der Waals surface area contributed by atoms with Crippen molar-refractivity contribution in [2.75, 3.05) is 18.5 Å². The molecular formula is C15H25N3S. The number of nitrogens with one attached hydrogen (secondary N) is 1. The van der Waals surface area contributed by atoms with Gasteiger partial charge in [-0.05, 0) is 37.9 Å². The van der Waals surface area contributed by atoms with Gasteiger partial charge in [0.05, 0.1) is 0 Å². The minimum Gasteiger partial charge on any atom is -0.398 e. The van der Waals surface area contributed by atoms with Gasteiger partial charge in [0.1, 0.15) is 0 Å². The smallest absolute Gasteiger partial charge is 0.0378 e. The highest BCUT2D eigenvalue weighted by atomic mass is 32.2. The molecule has 0 amide bonds. The first-order valence-corrected chi connectivity index (χ1v) is 8.31. The number of rotatable bonds is 6. The lowest BCUT2D eigenvalue weighted by molar-refractivity contribution is 0.514. The molecule has 1 fully saturated rings. The molecule has 1 atom stereocenters. The molecule has 0 bridgehead atoms. The monoisotopic (exact) mass is 279 g/mol. The summed E-state index contributed by atoms with van der Waals surface area (Å²) < 4.78 is 0. The fourth-order valence-corrected chi connectivity index (χ4v) is 4.06. The van der Waals surface area contributed by atoms with E-state index >= 15 is 0 Å². The van der Waals surface area contributed by atoms with E-state index in [0.29, 0.717) is 6.04 Å². The Balaban J connectivity index is 1.81. The van der Waals surface area contributed by atoms with Gasteiger partial charge in [0, 0.05) is 35.1 Å². The van der Waals surface area contributed by atoms with Crippen molar-refractivity contribution in [3.63, 3.8) is 0 Å². The number of anilines is 1. The van der Waals surface area contributed by atoms with Crippen LogP contribution in [0.1, 0.15) is 37.7 Å². The number of nitrogens with two attached hydrogens (primary N) is 1. The normalized spacial score (nSPS) is 18.4. The maximum atomic E-state index is 5.99. The molecule has 19 heavy (non-hydrogen) atoms. The van der Waals surface area contributed by atoms with E-state index in [9.17, 15) is 0 Å². The lowest BCUT2D eigenvalue weighted by Gasteiger charge is -2.24. The fourth-order valence-electron chi connectivity index (χ4n) is 2.60. The first-order valence-electron chi connectivity index (χ1n) is 7.27. The SMILES string of the molecule is CNC(CSC1CCCCC1)Cc1cnccc1N. The predicted molar refractivity (Wildman–Crippen MR) is 84.5 cm³/mol. The number of nitrogens with zero attached hydrogens (tertiary/aromatic N) is 1. The summed E-state index contributed by atoms with van der Waals surface area (Å²) in [6.07, 6.45) is 11.7. The summed E-state index contributed by atoms with van der Waals surface area (Å²) >= 11 is 2.13. The molecule has 1 unspecified atom stereocenters. The molecule has 3 N–H and O–H groups in total. The van der Waals surface area contributed by atoms with E-state index in [4.69, 9.17) is 5.73 Å². The molecule has 0 radical (unpaired) electrons. The molecule has 1 saturated carbocycles. The van der Waals surface area contributed by atoms with E-state index in [-0.39, 0.29) is 0 Å². The van der Waals surface area contributed by atoms with Crippen molar-refractivity contribution in [3.8, 4) is 0 Å². The fraction of sp³-hybridized carbons (Fsp3) is 0.667. The summed E-state index contributed by atoms with van der Waals surface area (Å²) in [6, 6.07) is 2.37. The van der Waals surface area contributed by atoms with Crippen LogP contribution >= 0.6 is 11.8 Å². The second kappa shape index (κ2) is 7.75. The number of nitrogen functional groups attached to an aromatic ring is 1. The van der Waals surface area contributed by atoms with Gasteiger partial charge in [0.15, 0.2) is 0 Å². The highest BCUT2D eigenvalue weighted by Crippen LogP contribution is 2.29. The minimum atomic E-state index is 0.485. The molecule has 3 nitrogen and oxygen atoms in total. The molecule has 0 aromatic carbocycles. The van der Waals surface area contributed by atoms with E-state index in [2.05, 4.69) is 22.1 Å². The minimum absolute atomic E-state index is 0.485. The van der Waals surface area contributed by atoms with Crippen LogP contribution in [0.4, 0.5) is 5.69 Å². The van der Waals surface area contributed by atoms with Crippen molar-refractivity contribution < 1.29 is 0 Å². The second-order valence-electron chi connectivity index (χ2n) is 5.36. The third kappa shape index (κ3) is 4.69. The summed E-state index contributed by atoms with van der Waals surface area (Å²) in [6.45, 7) is 0. The quantitative estimate of drug-likeness (QED) is 0.841. The average molecular weight is 279 g/mol. The van der Waals surface area contributed by atoms with Crippen LogP contribution in [0.3, 0.4) is 0 Å². The Morgan fingerprint density at radius 2 is 2.21 bits per heavy atom. The first kappa shape index (κ1) is 14.7. The Hall–Kier alpha value is -0.740. The van der Waals surface area contributed by atoms with Gasteiger partial charge < -0.3 is 11.1 Å². The molecule has 0 aliphatic heterocycles. The number of likely N-dealkylation sites (N-methyl/N-ethyl adjacent to an activating group) is 1. The number of pyridine rings is 1. The highest BCUT2D eigenvalue weighted by molar-refractivity contribution is 7.99. The lowest BCUT2D eigenvalue weighted by Crippen LogP contribution is -2.31. The summed E-state index contributed by atoms with van der Waals surface area (Å²) in [4.78, 5) is 4.17. The van der Waals surface area contributed by atoms with Crippen molar-refractivity contribution in [3.05, 3.63) is 24.0 Å². The van der Waals surface area contributed by atoms with Gasteiger partial charge in [-0.15, -0.1) is 0 Å². The van der Waals surface area contributed by atoms with Crippen molar-refractivity contribution in [1.82, 2.24) is 10.3 Å². The van der Waals surface area contributed by atoms with Crippen LogP contribution in [-0.2, 0) is 6.42 Å². The van der Waals surface area contributed by atoms with Crippen molar-refractivity contribution >= 4 is 17.4 Å². The van der Waals surface area contributed by atoms with Gasteiger partial charge in [0.2, 0.25) is 0 Å². The van der Waals surface area contributed by atoms with Gasteiger partial charge in [-0.3, -0.25) is 4.98 Å². The van der Waals surface area contributed by atoms with E-state index in [1.54, 1.807) is 6.20 Å². The number of thioether (sulfide) groups is 1. The van der Waals surface area contributed by atoms with Gasteiger partial charge in [-0.25, -0.2) is 0 Å². The van der Waals surface area contributed by atoms with E-state index in [0.717, 1.165) is 28.7 Å². The highest BCUT2D eigenvalue weighted by Gasteiger charge is 2.16. The van der Waals surface area contributed by atoms with Crippen molar-refractivity contribution in [1.29, 1.82) is 0 Å². The van der Waals surface area contributed by atoms with Gasteiger partial charge >= 0.3 is 0 Å². The van der Waals surface area contributed by atoms with Crippen LogP contribution in [0.2, 0.25) is 0 Å². The Kier molecular flexibility index (Phi) is 5.98. The van der Waals surface area contributed by atoms with Crippen LogP contribution in [-0.4, -0.2) is 29.1 Å². The van der Waals surface area contributed by atoms with Crippen LogP contribution in [0.5, 0.6) is 0 Å².